The highest BCUT2D eigenvalue weighted by atomic mass is 16.6. The molecule has 3 N–H and O–H groups in total. The summed E-state index contributed by atoms with van der Waals surface area (Å²) in [7, 11) is 0. The summed E-state index contributed by atoms with van der Waals surface area (Å²) in [5, 5.41) is 3.15. The Kier molecular flexibility index (Phi) is 5.36. The lowest BCUT2D eigenvalue weighted by Gasteiger charge is -2.31. The maximum Gasteiger partial charge on any atom is 0.410 e. The van der Waals surface area contributed by atoms with Crippen molar-refractivity contribution in [3.05, 3.63) is 29.3 Å². The number of primary amides is 1. The number of ether oxygens (including phenoxy) is 1. The number of carbonyl (C=O) groups excluding carboxylic acids is 2. The van der Waals surface area contributed by atoms with E-state index >= 15 is 0 Å². The van der Waals surface area contributed by atoms with Crippen LogP contribution in [0.5, 0.6) is 0 Å². The largest absolute Gasteiger partial charge is 0.444 e. The van der Waals surface area contributed by atoms with E-state index in [1.807, 2.05) is 45.9 Å². The third-order valence-electron chi connectivity index (χ3n) is 3.96. The number of nitrogens with one attached hydrogen (secondary N) is 1. The van der Waals surface area contributed by atoms with E-state index in [2.05, 4.69) is 5.32 Å². The van der Waals surface area contributed by atoms with Crippen LogP contribution in [0.3, 0.4) is 0 Å². The molecule has 6 nitrogen and oxygen atoms in total. The molecular weight excluding hydrogens is 306 g/mol. The first-order valence-electron chi connectivity index (χ1n) is 8.35. The van der Waals surface area contributed by atoms with Crippen molar-refractivity contribution in [1.29, 1.82) is 0 Å². The van der Waals surface area contributed by atoms with Crippen LogP contribution in [0.15, 0.2) is 18.2 Å². The first-order chi connectivity index (χ1) is 11.2. The maximum absolute atomic E-state index is 12.2. The number of nitrogens with zero attached hydrogens (tertiary/aromatic N) is 1. The van der Waals surface area contributed by atoms with Crippen LogP contribution in [0.4, 0.5) is 10.5 Å². The van der Waals surface area contributed by atoms with Crippen LogP contribution in [0, 0.1) is 0 Å². The van der Waals surface area contributed by atoms with Crippen molar-refractivity contribution < 1.29 is 14.3 Å². The summed E-state index contributed by atoms with van der Waals surface area (Å²) in [5.74, 6) is -0.370. The van der Waals surface area contributed by atoms with E-state index in [-0.39, 0.29) is 12.0 Å². The molecule has 1 atom stereocenters. The number of rotatable bonds is 4. The van der Waals surface area contributed by atoms with Gasteiger partial charge in [-0.1, -0.05) is 13.0 Å². The molecule has 0 saturated heterocycles. The summed E-state index contributed by atoms with van der Waals surface area (Å²) >= 11 is 0. The lowest BCUT2D eigenvalue weighted by atomic mass is 9.99. The molecule has 1 aromatic carbocycles. The Labute approximate surface area is 143 Å². The summed E-state index contributed by atoms with van der Waals surface area (Å²) in [6.45, 7) is 8.64. The molecule has 1 aliphatic rings. The molecule has 0 fully saturated rings. The van der Waals surface area contributed by atoms with Gasteiger partial charge < -0.3 is 20.7 Å². The maximum atomic E-state index is 12.2. The number of amides is 2. The second-order valence-electron chi connectivity index (χ2n) is 7.14. The normalized spacial score (nSPS) is 15.4. The Morgan fingerprint density at radius 1 is 1.33 bits per heavy atom. The molecule has 2 rings (SSSR count). The second-order valence-corrected chi connectivity index (χ2v) is 7.14. The zero-order valence-electron chi connectivity index (χ0n) is 14.9. The number of hydrogen-bond acceptors (Lipinski definition) is 4. The van der Waals surface area contributed by atoms with Crippen molar-refractivity contribution >= 4 is 17.7 Å². The van der Waals surface area contributed by atoms with Gasteiger partial charge >= 0.3 is 6.09 Å². The molecule has 1 heterocycles. The van der Waals surface area contributed by atoms with Gasteiger partial charge in [-0.15, -0.1) is 0 Å². The van der Waals surface area contributed by atoms with Crippen LogP contribution < -0.4 is 11.1 Å². The topological polar surface area (TPSA) is 84.7 Å². The molecule has 0 radical (unpaired) electrons. The van der Waals surface area contributed by atoms with E-state index in [1.165, 1.54) is 5.56 Å². The summed E-state index contributed by atoms with van der Waals surface area (Å²) in [5.41, 5.74) is 8.00. The summed E-state index contributed by atoms with van der Waals surface area (Å²) < 4.78 is 5.45. The van der Waals surface area contributed by atoms with E-state index in [9.17, 15) is 9.59 Å². The number of nitrogens with two attached hydrogens (primary N) is 1. The zero-order chi connectivity index (χ0) is 17.9. The van der Waals surface area contributed by atoms with Crippen molar-refractivity contribution in [2.75, 3.05) is 11.9 Å². The Morgan fingerprint density at radius 3 is 2.62 bits per heavy atom. The van der Waals surface area contributed by atoms with Gasteiger partial charge in [-0.05, 0) is 56.9 Å². The number of benzene rings is 1. The first-order valence-corrected chi connectivity index (χ1v) is 8.35. The van der Waals surface area contributed by atoms with Gasteiger partial charge in [0.05, 0.1) is 0 Å². The molecule has 2 amide bonds. The molecule has 1 aliphatic heterocycles. The summed E-state index contributed by atoms with van der Waals surface area (Å²) in [6.07, 6.45) is 1.12. The van der Waals surface area contributed by atoms with Gasteiger partial charge in [-0.25, -0.2) is 4.79 Å². The number of fused-ring (bicyclic) bond motifs is 1. The Hall–Kier alpha value is -2.24. The minimum atomic E-state index is -0.503. The fourth-order valence-corrected chi connectivity index (χ4v) is 2.70. The van der Waals surface area contributed by atoms with Crippen LogP contribution >= 0.6 is 0 Å². The average molecular weight is 333 g/mol. The average Bonchev–Trinajstić information content (AvgIpc) is 2.49. The SMILES string of the molecule is CCC(Nc1ccc2c(c1)CN(C(=O)OC(C)(C)C)CC2)C(N)=O. The van der Waals surface area contributed by atoms with E-state index in [1.54, 1.807) is 4.90 Å². The molecule has 0 bridgehead atoms. The van der Waals surface area contributed by atoms with Crippen molar-refractivity contribution in [2.24, 2.45) is 5.73 Å². The fourth-order valence-electron chi connectivity index (χ4n) is 2.70. The smallest absolute Gasteiger partial charge is 0.410 e. The van der Waals surface area contributed by atoms with Crippen molar-refractivity contribution in [3.8, 4) is 0 Å². The molecule has 1 unspecified atom stereocenters. The van der Waals surface area contributed by atoms with E-state index in [0.717, 1.165) is 17.7 Å². The molecule has 6 heteroatoms. The lowest BCUT2D eigenvalue weighted by Crippen LogP contribution is -2.40. The van der Waals surface area contributed by atoms with E-state index < -0.39 is 11.6 Å². The van der Waals surface area contributed by atoms with Gasteiger partial charge in [-0.3, -0.25) is 4.79 Å². The van der Waals surface area contributed by atoms with Gasteiger partial charge in [0.15, 0.2) is 0 Å². The molecule has 132 valence electrons. The summed E-state index contributed by atoms with van der Waals surface area (Å²) in [6, 6.07) is 5.58. The van der Waals surface area contributed by atoms with Crippen LogP contribution in [-0.2, 0) is 22.5 Å². The quantitative estimate of drug-likeness (QED) is 0.887. The number of anilines is 1. The minimum absolute atomic E-state index is 0.296. The Bertz CT molecular complexity index is 622. The molecule has 0 aromatic heterocycles. The standard InChI is InChI=1S/C18H27N3O3/c1-5-15(16(19)22)20-14-7-6-12-8-9-21(11-13(12)10-14)17(23)24-18(2,3)4/h6-7,10,15,20H,5,8-9,11H2,1-4H3,(H2,19,22). The van der Waals surface area contributed by atoms with Crippen LogP contribution in [0.25, 0.3) is 0 Å². The number of carbonyl (C=O) groups is 2. The monoisotopic (exact) mass is 333 g/mol. The van der Waals surface area contributed by atoms with Crippen molar-refractivity contribution in [2.45, 2.75) is 58.7 Å². The molecule has 1 aromatic rings. The summed E-state index contributed by atoms with van der Waals surface area (Å²) in [4.78, 5) is 25.3. The van der Waals surface area contributed by atoms with Gasteiger partial charge in [-0.2, -0.15) is 0 Å². The molecule has 0 spiro atoms. The number of hydrogen-bond donors (Lipinski definition) is 2. The second kappa shape index (κ2) is 7.11. The third kappa shape index (κ3) is 4.63. The van der Waals surface area contributed by atoms with Crippen LogP contribution in [-0.4, -0.2) is 35.1 Å². The van der Waals surface area contributed by atoms with E-state index in [0.29, 0.717) is 19.5 Å². The third-order valence-corrected chi connectivity index (χ3v) is 3.96. The van der Waals surface area contributed by atoms with Crippen LogP contribution in [0.2, 0.25) is 0 Å². The van der Waals surface area contributed by atoms with Gasteiger partial charge in [0.2, 0.25) is 5.91 Å². The van der Waals surface area contributed by atoms with Gasteiger partial charge in [0, 0.05) is 18.8 Å². The highest BCUT2D eigenvalue weighted by Gasteiger charge is 2.26. The predicted molar refractivity (Wildman–Crippen MR) is 93.7 cm³/mol. The van der Waals surface area contributed by atoms with E-state index in [4.69, 9.17) is 10.5 Å². The van der Waals surface area contributed by atoms with Crippen LogP contribution in [0.1, 0.15) is 45.2 Å². The van der Waals surface area contributed by atoms with Gasteiger partial charge in [0.1, 0.15) is 11.6 Å². The molecule has 0 saturated carbocycles. The van der Waals surface area contributed by atoms with Gasteiger partial charge in [0.25, 0.3) is 0 Å². The first kappa shape index (κ1) is 18.1. The highest BCUT2D eigenvalue weighted by Crippen LogP contribution is 2.24. The predicted octanol–water partition coefficient (Wildman–Crippen LogP) is 2.66. The van der Waals surface area contributed by atoms with Crippen molar-refractivity contribution in [1.82, 2.24) is 4.90 Å². The molecular formula is C18H27N3O3. The molecule has 0 aliphatic carbocycles. The lowest BCUT2D eigenvalue weighted by molar-refractivity contribution is -0.118. The fraction of sp³-hybridized carbons (Fsp3) is 0.556. The Morgan fingerprint density at radius 2 is 2.04 bits per heavy atom. The van der Waals surface area contributed by atoms with Crippen molar-refractivity contribution in [3.63, 3.8) is 0 Å². The zero-order valence-corrected chi connectivity index (χ0v) is 14.9. The molecule has 24 heavy (non-hydrogen) atoms. The minimum Gasteiger partial charge on any atom is -0.444 e. The highest BCUT2D eigenvalue weighted by molar-refractivity contribution is 5.83. The Balaban J connectivity index is 2.11.